The average Bonchev–Trinajstić information content (AvgIpc) is 2.84. The Morgan fingerprint density at radius 3 is 2.70 bits per heavy atom. The molecule has 1 aliphatic rings. The summed E-state index contributed by atoms with van der Waals surface area (Å²) in [7, 11) is 1.38. The number of hydrogen-bond acceptors (Lipinski definition) is 4. The summed E-state index contributed by atoms with van der Waals surface area (Å²) in [5.41, 5.74) is 5.67. The molecule has 134 valence electrons. The van der Waals surface area contributed by atoms with E-state index >= 15 is 0 Å². The first-order valence-corrected chi connectivity index (χ1v) is 9.06. The molecule has 6 heteroatoms. The number of nitrogens with one attached hydrogen (secondary N) is 1. The normalized spacial score (nSPS) is 12.4. The number of carbonyl (C=O) groups is 1. The van der Waals surface area contributed by atoms with E-state index in [2.05, 4.69) is 5.48 Å². The number of benzene rings is 3. The van der Waals surface area contributed by atoms with Crippen LogP contribution in [0.1, 0.15) is 21.5 Å². The minimum absolute atomic E-state index is 0.321. The van der Waals surface area contributed by atoms with Crippen molar-refractivity contribution < 1.29 is 14.0 Å². The first-order chi connectivity index (χ1) is 13.2. The molecule has 0 unspecified atom stereocenters. The van der Waals surface area contributed by atoms with E-state index in [-0.39, 0.29) is 11.7 Å². The van der Waals surface area contributed by atoms with Crippen LogP contribution in [0.3, 0.4) is 0 Å². The van der Waals surface area contributed by atoms with Gasteiger partial charge >= 0.3 is 0 Å². The fourth-order valence-corrected chi connectivity index (χ4v) is 3.89. The van der Waals surface area contributed by atoms with Crippen molar-refractivity contribution in [2.24, 2.45) is 4.99 Å². The standard InChI is InChI=1S/C21H15FN2O2S/c1-26-24-21(25)14-9-10-19-17(12-14)23-20(13-5-4-6-15(22)11-13)16-7-2-3-8-18(16)27-19/h2-12H,1H3,(H,24,25). The van der Waals surface area contributed by atoms with E-state index in [9.17, 15) is 9.18 Å². The largest absolute Gasteiger partial charge is 0.277 e. The molecule has 0 atom stereocenters. The summed E-state index contributed by atoms with van der Waals surface area (Å²) in [5, 5.41) is 0. The van der Waals surface area contributed by atoms with Crippen LogP contribution in [0.2, 0.25) is 0 Å². The lowest BCUT2D eigenvalue weighted by Crippen LogP contribution is -2.21. The zero-order valence-electron chi connectivity index (χ0n) is 14.4. The van der Waals surface area contributed by atoms with Gasteiger partial charge in [0.05, 0.1) is 18.5 Å². The Kier molecular flexibility index (Phi) is 4.75. The van der Waals surface area contributed by atoms with Gasteiger partial charge in [0.15, 0.2) is 0 Å². The molecule has 3 aromatic carbocycles. The van der Waals surface area contributed by atoms with Crippen LogP contribution in [0.15, 0.2) is 81.5 Å². The van der Waals surface area contributed by atoms with Crippen molar-refractivity contribution in [2.75, 3.05) is 7.11 Å². The Balaban J connectivity index is 1.91. The van der Waals surface area contributed by atoms with Gasteiger partial charge in [-0.2, -0.15) is 0 Å². The summed E-state index contributed by atoms with van der Waals surface area (Å²) in [6.45, 7) is 0. The molecule has 27 heavy (non-hydrogen) atoms. The predicted molar refractivity (Wildman–Crippen MR) is 103 cm³/mol. The summed E-state index contributed by atoms with van der Waals surface area (Å²) in [5.74, 6) is -0.674. The van der Waals surface area contributed by atoms with E-state index in [0.29, 0.717) is 22.5 Å². The number of rotatable bonds is 3. The first kappa shape index (κ1) is 17.5. The quantitative estimate of drug-likeness (QED) is 0.524. The summed E-state index contributed by atoms with van der Waals surface area (Å²) in [6.07, 6.45) is 0. The van der Waals surface area contributed by atoms with Crippen molar-refractivity contribution in [3.8, 4) is 0 Å². The van der Waals surface area contributed by atoms with Gasteiger partial charge in [0, 0.05) is 26.5 Å². The Morgan fingerprint density at radius 2 is 1.89 bits per heavy atom. The lowest BCUT2D eigenvalue weighted by Gasteiger charge is -2.09. The van der Waals surface area contributed by atoms with Crippen LogP contribution in [0.25, 0.3) is 0 Å². The van der Waals surface area contributed by atoms with Crippen molar-refractivity contribution in [1.82, 2.24) is 5.48 Å². The van der Waals surface area contributed by atoms with Crippen molar-refractivity contribution in [1.29, 1.82) is 0 Å². The fourth-order valence-electron chi connectivity index (χ4n) is 2.89. The number of amides is 1. The van der Waals surface area contributed by atoms with E-state index in [1.807, 2.05) is 36.4 Å². The Labute approximate surface area is 160 Å². The third kappa shape index (κ3) is 3.49. The Morgan fingerprint density at radius 1 is 1.04 bits per heavy atom. The minimum atomic E-state index is -0.352. The van der Waals surface area contributed by atoms with Gasteiger partial charge in [0.1, 0.15) is 5.82 Å². The molecule has 0 aliphatic carbocycles. The topological polar surface area (TPSA) is 50.7 Å². The van der Waals surface area contributed by atoms with E-state index < -0.39 is 0 Å². The highest BCUT2D eigenvalue weighted by molar-refractivity contribution is 7.99. The number of carbonyl (C=O) groups excluding carboxylic acids is 1. The highest BCUT2D eigenvalue weighted by atomic mass is 32.2. The van der Waals surface area contributed by atoms with Crippen molar-refractivity contribution in [3.63, 3.8) is 0 Å². The van der Waals surface area contributed by atoms with Crippen LogP contribution in [-0.2, 0) is 4.84 Å². The Hall–Kier alpha value is -2.96. The smallest absolute Gasteiger partial charge is 0.274 e. The molecule has 0 radical (unpaired) electrons. The molecule has 4 rings (SSSR count). The van der Waals surface area contributed by atoms with Gasteiger partial charge in [-0.1, -0.05) is 42.1 Å². The van der Waals surface area contributed by atoms with Gasteiger partial charge in [-0.25, -0.2) is 14.9 Å². The lowest BCUT2D eigenvalue weighted by atomic mass is 10.0. The maximum absolute atomic E-state index is 13.8. The maximum atomic E-state index is 13.8. The van der Waals surface area contributed by atoms with Gasteiger partial charge in [0.2, 0.25) is 0 Å². The van der Waals surface area contributed by atoms with E-state index in [1.54, 1.807) is 30.0 Å². The molecule has 1 aliphatic heterocycles. The van der Waals surface area contributed by atoms with Crippen LogP contribution in [0.4, 0.5) is 10.1 Å². The number of aliphatic imine (C=N–C) groups is 1. The van der Waals surface area contributed by atoms with Gasteiger partial charge in [-0.15, -0.1) is 0 Å². The van der Waals surface area contributed by atoms with E-state index in [1.165, 1.54) is 19.2 Å². The number of fused-ring (bicyclic) bond motifs is 2. The number of halogens is 1. The molecule has 1 amide bonds. The van der Waals surface area contributed by atoms with Gasteiger partial charge in [-0.3, -0.25) is 9.63 Å². The lowest BCUT2D eigenvalue weighted by molar-refractivity contribution is 0.0537. The first-order valence-electron chi connectivity index (χ1n) is 8.25. The molecular formula is C21H15FN2O2S. The highest BCUT2D eigenvalue weighted by Crippen LogP contribution is 2.41. The van der Waals surface area contributed by atoms with Crippen LogP contribution >= 0.6 is 11.8 Å². The van der Waals surface area contributed by atoms with Crippen LogP contribution in [0, 0.1) is 5.82 Å². The summed E-state index contributed by atoms with van der Waals surface area (Å²) in [6, 6.07) is 19.5. The zero-order chi connectivity index (χ0) is 18.8. The van der Waals surface area contributed by atoms with Gasteiger partial charge < -0.3 is 0 Å². The summed E-state index contributed by atoms with van der Waals surface area (Å²) < 4.78 is 13.8. The third-order valence-electron chi connectivity index (χ3n) is 4.11. The third-order valence-corrected chi connectivity index (χ3v) is 5.25. The van der Waals surface area contributed by atoms with Crippen LogP contribution in [-0.4, -0.2) is 18.7 Å². The Bertz CT molecular complexity index is 1070. The molecule has 0 spiro atoms. The molecule has 1 N–H and O–H groups in total. The minimum Gasteiger partial charge on any atom is -0.277 e. The fraction of sp³-hybridized carbons (Fsp3) is 0.0476. The summed E-state index contributed by atoms with van der Waals surface area (Å²) >= 11 is 1.57. The molecule has 0 aromatic heterocycles. The van der Waals surface area contributed by atoms with Crippen LogP contribution < -0.4 is 5.48 Å². The number of hydroxylamine groups is 1. The highest BCUT2D eigenvalue weighted by Gasteiger charge is 2.20. The molecular weight excluding hydrogens is 363 g/mol. The van der Waals surface area contributed by atoms with Gasteiger partial charge in [-0.05, 0) is 36.4 Å². The molecule has 4 nitrogen and oxygen atoms in total. The molecule has 0 bridgehead atoms. The van der Waals surface area contributed by atoms with Crippen LogP contribution in [0.5, 0.6) is 0 Å². The number of hydrogen-bond donors (Lipinski definition) is 1. The van der Waals surface area contributed by atoms with E-state index in [0.717, 1.165) is 15.4 Å². The SMILES string of the molecule is CONC(=O)c1ccc2c(c1)N=C(c1cccc(F)c1)c1ccccc1S2. The molecule has 0 fully saturated rings. The number of nitrogens with zero attached hydrogens (tertiary/aromatic N) is 1. The molecule has 0 saturated heterocycles. The van der Waals surface area contributed by atoms with Gasteiger partial charge in [0.25, 0.3) is 5.91 Å². The second-order valence-electron chi connectivity index (χ2n) is 5.89. The molecule has 3 aromatic rings. The second kappa shape index (κ2) is 7.34. The predicted octanol–water partition coefficient (Wildman–Crippen LogP) is 4.75. The summed E-state index contributed by atoms with van der Waals surface area (Å²) in [4.78, 5) is 23.5. The van der Waals surface area contributed by atoms with E-state index in [4.69, 9.17) is 9.83 Å². The average molecular weight is 378 g/mol. The van der Waals surface area contributed by atoms with Crippen molar-refractivity contribution in [3.05, 3.63) is 89.2 Å². The molecule has 1 heterocycles. The zero-order valence-corrected chi connectivity index (χ0v) is 15.2. The molecule has 0 saturated carbocycles. The second-order valence-corrected chi connectivity index (χ2v) is 6.97. The maximum Gasteiger partial charge on any atom is 0.274 e. The monoisotopic (exact) mass is 378 g/mol. The van der Waals surface area contributed by atoms with Crippen molar-refractivity contribution >= 4 is 29.1 Å². The van der Waals surface area contributed by atoms with Crippen molar-refractivity contribution in [2.45, 2.75) is 9.79 Å².